The number of carbonyl (C=O) groups excluding carboxylic acids is 2. The lowest BCUT2D eigenvalue weighted by Gasteiger charge is -2.35. The van der Waals surface area contributed by atoms with Crippen LogP contribution in [0.25, 0.3) is 0 Å². The summed E-state index contributed by atoms with van der Waals surface area (Å²) in [6.45, 7) is 4.14. The third-order valence-electron chi connectivity index (χ3n) is 6.00. The molecule has 0 saturated heterocycles. The lowest BCUT2D eigenvalue weighted by Crippen LogP contribution is -2.40. The number of benzene rings is 3. The number of carbonyl (C=O) groups is 2. The van der Waals surface area contributed by atoms with Crippen LogP contribution in [0.5, 0.6) is 0 Å². The molecule has 0 fully saturated rings. The number of para-hydroxylation sites is 1. The first kappa shape index (κ1) is 24.2. The van der Waals surface area contributed by atoms with Crippen molar-refractivity contribution in [3.63, 3.8) is 0 Å². The largest absolute Gasteiger partial charge is 0.346 e. The number of rotatable bonds is 7. The highest BCUT2D eigenvalue weighted by atomic mass is 32.2. The predicted octanol–water partition coefficient (Wildman–Crippen LogP) is 3.90. The Labute approximate surface area is 205 Å². The van der Waals surface area contributed by atoms with Crippen molar-refractivity contribution in [2.45, 2.75) is 23.9 Å². The molecule has 1 aliphatic heterocycles. The van der Waals surface area contributed by atoms with Gasteiger partial charge < -0.3 is 10.2 Å². The van der Waals surface area contributed by atoms with E-state index in [1.54, 1.807) is 36.2 Å². The van der Waals surface area contributed by atoms with E-state index in [2.05, 4.69) is 11.9 Å². The van der Waals surface area contributed by atoms with Crippen LogP contribution in [0.4, 0.5) is 5.69 Å². The molecule has 0 aromatic heterocycles. The Hall–Kier alpha value is -3.91. The normalized spacial score (nSPS) is 15.1. The molecule has 7 nitrogen and oxygen atoms in total. The zero-order chi connectivity index (χ0) is 25.0. The molecule has 1 heterocycles. The van der Waals surface area contributed by atoms with E-state index in [0.717, 1.165) is 11.1 Å². The molecular formula is C27H27N3O4S. The average molecular weight is 490 g/mol. The first-order valence-corrected chi connectivity index (χ1v) is 12.7. The Morgan fingerprint density at radius 1 is 1.03 bits per heavy atom. The van der Waals surface area contributed by atoms with Gasteiger partial charge in [-0.05, 0) is 54.0 Å². The van der Waals surface area contributed by atoms with Crippen LogP contribution in [-0.2, 0) is 21.4 Å². The molecule has 4 rings (SSSR count). The molecule has 0 bridgehead atoms. The van der Waals surface area contributed by atoms with Crippen molar-refractivity contribution < 1.29 is 18.0 Å². The minimum absolute atomic E-state index is 0.100. The van der Waals surface area contributed by atoms with Crippen molar-refractivity contribution in [2.24, 2.45) is 0 Å². The summed E-state index contributed by atoms with van der Waals surface area (Å²) in [5.41, 5.74) is 2.67. The highest BCUT2D eigenvalue weighted by Gasteiger charge is 2.33. The number of nitrogens with zero attached hydrogens (tertiary/aromatic N) is 2. The average Bonchev–Trinajstić information content (AvgIpc) is 2.88. The first-order chi connectivity index (χ1) is 16.8. The summed E-state index contributed by atoms with van der Waals surface area (Å²) in [6, 6.07) is 22.5. The molecule has 3 aromatic carbocycles. The number of hydrogen-bond donors (Lipinski definition) is 1. The molecule has 35 heavy (non-hydrogen) atoms. The number of sulfonamides is 1. The topological polar surface area (TPSA) is 86.8 Å². The van der Waals surface area contributed by atoms with Gasteiger partial charge in [-0.1, -0.05) is 55.1 Å². The zero-order valence-corrected chi connectivity index (χ0v) is 20.2. The Morgan fingerprint density at radius 2 is 1.69 bits per heavy atom. The van der Waals surface area contributed by atoms with Crippen molar-refractivity contribution in [1.29, 1.82) is 0 Å². The fourth-order valence-electron chi connectivity index (χ4n) is 4.21. The molecule has 1 aliphatic rings. The first-order valence-electron chi connectivity index (χ1n) is 11.3. The van der Waals surface area contributed by atoms with Gasteiger partial charge in [0, 0.05) is 25.7 Å². The van der Waals surface area contributed by atoms with Gasteiger partial charge in [-0.3, -0.25) is 13.9 Å². The summed E-state index contributed by atoms with van der Waals surface area (Å²) in [4.78, 5) is 26.4. The van der Waals surface area contributed by atoms with Crippen molar-refractivity contribution >= 4 is 27.5 Å². The van der Waals surface area contributed by atoms with Crippen LogP contribution in [0.2, 0.25) is 0 Å². The lowest BCUT2D eigenvalue weighted by atomic mass is 9.98. The van der Waals surface area contributed by atoms with Gasteiger partial charge >= 0.3 is 0 Å². The van der Waals surface area contributed by atoms with Gasteiger partial charge in [0.25, 0.3) is 15.9 Å². The van der Waals surface area contributed by atoms with Gasteiger partial charge in [-0.2, -0.15) is 0 Å². The summed E-state index contributed by atoms with van der Waals surface area (Å²) in [7, 11) is -2.15. The number of fused-ring (bicyclic) bond motifs is 1. The maximum Gasteiger partial charge on any atom is 0.264 e. The Bertz CT molecular complexity index is 1340. The quantitative estimate of drug-likeness (QED) is 0.510. The molecule has 1 N–H and O–H groups in total. The molecular weight excluding hydrogens is 462 g/mol. The second-order valence-corrected chi connectivity index (χ2v) is 10.2. The van der Waals surface area contributed by atoms with E-state index in [1.165, 1.54) is 22.5 Å². The second kappa shape index (κ2) is 10.1. The highest BCUT2D eigenvalue weighted by Crippen LogP contribution is 2.37. The standard InChI is InChI=1S/C27H27N3O4S/c1-3-26(31)28-24-17-18-30(25-12-8-7-11-23(24)25)35(33,34)22-15-13-21(14-16-22)27(32)29(2)19-20-9-5-4-6-10-20/h3-16,24H,1,17-19H2,2H3,(H,28,31). The minimum Gasteiger partial charge on any atom is -0.346 e. The van der Waals surface area contributed by atoms with Gasteiger partial charge in [0.1, 0.15) is 0 Å². The summed E-state index contributed by atoms with van der Waals surface area (Å²) < 4.78 is 28.4. The molecule has 0 saturated carbocycles. The summed E-state index contributed by atoms with van der Waals surface area (Å²) in [5.74, 6) is -0.500. The molecule has 0 aliphatic carbocycles. The van der Waals surface area contributed by atoms with Gasteiger partial charge in [0.2, 0.25) is 5.91 Å². The van der Waals surface area contributed by atoms with Crippen LogP contribution in [0, 0.1) is 0 Å². The van der Waals surface area contributed by atoms with E-state index in [1.807, 2.05) is 42.5 Å². The number of amides is 2. The molecule has 2 amide bonds. The Balaban J connectivity index is 1.55. The molecule has 0 spiro atoms. The summed E-state index contributed by atoms with van der Waals surface area (Å²) >= 11 is 0. The second-order valence-electron chi connectivity index (χ2n) is 8.36. The number of hydrogen-bond acceptors (Lipinski definition) is 4. The maximum atomic E-state index is 13.5. The smallest absolute Gasteiger partial charge is 0.264 e. The number of nitrogens with one attached hydrogen (secondary N) is 1. The van der Waals surface area contributed by atoms with Crippen LogP contribution in [0.1, 0.15) is 33.9 Å². The van der Waals surface area contributed by atoms with Gasteiger partial charge in [0.05, 0.1) is 16.6 Å². The Morgan fingerprint density at radius 3 is 2.37 bits per heavy atom. The Kier molecular flexibility index (Phi) is 7.02. The molecule has 8 heteroatoms. The van der Waals surface area contributed by atoms with Crippen LogP contribution >= 0.6 is 0 Å². The van der Waals surface area contributed by atoms with E-state index < -0.39 is 10.0 Å². The van der Waals surface area contributed by atoms with E-state index >= 15 is 0 Å². The molecule has 0 radical (unpaired) electrons. The van der Waals surface area contributed by atoms with E-state index in [-0.39, 0.29) is 29.3 Å². The molecule has 1 unspecified atom stereocenters. The maximum absolute atomic E-state index is 13.5. The van der Waals surface area contributed by atoms with Crippen molar-refractivity contribution in [3.05, 3.63) is 108 Å². The fourth-order valence-corrected chi connectivity index (χ4v) is 5.71. The van der Waals surface area contributed by atoms with Gasteiger partial charge in [-0.15, -0.1) is 0 Å². The van der Waals surface area contributed by atoms with E-state index in [9.17, 15) is 18.0 Å². The minimum atomic E-state index is -3.87. The third kappa shape index (κ3) is 5.12. The molecule has 180 valence electrons. The fraction of sp³-hybridized carbons (Fsp3) is 0.185. The SMILES string of the molecule is C=CC(=O)NC1CCN(S(=O)(=O)c2ccc(C(=O)N(C)Cc3ccccc3)cc2)c2ccccc21. The summed E-state index contributed by atoms with van der Waals surface area (Å²) in [6.07, 6.45) is 1.63. The van der Waals surface area contributed by atoms with Crippen molar-refractivity contribution in [2.75, 3.05) is 17.9 Å². The zero-order valence-electron chi connectivity index (χ0n) is 19.4. The lowest BCUT2D eigenvalue weighted by molar-refractivity contribution is -0.117. The van der Waals surface area contributed by atoms with Crippen LogP contribution in [-0.4, -0.2) is 38.7 Å². The predicted molar refractivity (Wildman–Crippen MR) is 135 cm³/mol. The van der Waals surface area contributed by atoms with Crippen molar-refractivity contribution in [3.8, 4) is 0 Å². The molecule has 1 atom stereocenters. The highest BCUT2D eigenvalue weighted by molar-refractivity contribution is 7.92. The van der Waals surface area contributed by atoms with E-state index in [4.69, 9.17) is 0 Å². The molecule has 3 aromatic rings. The van der Waals surface area contributed by atoms with E-state index in [0.29, 0.717) is 24.2 Å². The van der Waals surface area contributed by atoms with Gasteiger partial charge in [-0.25, -0.2) is 8.42 Å². The monoisotopic (exact) mass is 489 g/mol. The van der Waals surface area contributed by atoms with Crippen molar-refractivity contribution in [1.82, 2.24) is 10.2 Å². The number of anilines is 1. The van der Waals surface area contributed by atoms with Gasteiger partial charge in [0.15, 0.2) is 0 Å². The van der Waals surface area contributed by atoms with Crippen LogP contribution in [0.15, 0.2) is 96.4 Å². The van der Waals surface area contributed by atoms with Crippen LogP contribution < -0.4 is 9.62 Å². The summed E-state index contributed by atoms with van der Waals surface area (Å²) in [5, 5.41) is 2.86. The van der Waals surface area contributed by atoms with Crippen LogP contribution in [0.3, 0.4) is 0 Å². The third-order valence-corrected chi connectivity index (χ3v) is 7.83.